The summed E-state index contributed by atoms with van der Waals surface area (Å²) in [5.41, 5.74) is 1.06. The number of amidine groups is 1. The van der Waals surface area contributed by atoms with E-state index in [9.17, 15) is 18.0 Å². The van der Waals surface area contributed by atoms with Crippen LogP contribution in [0.5, 0.6) is 0 Å². The van der Waals surface area contributed by atoms with Gasteiger partial charge in [0.2, 0.25) is 0 Å². The lowest BCUT2D eigenvalue weighted by Gasteiger charge is -2.11. The number of carbonyl (C=O) groups excluding carboxylic acids is 1. The van der Waals surface area contributed by atoms with Crippen LogP contribution in [-0.2, 0) is 16.4 Å². The largest absolute Gasteiger partial charge is 0.322 e. The van der Waals surface area contributed by atoms with Gasteiger partial charge in [-0.15, -0.1) is 0 Å². The number of aromatic amines is 1. The first kappa shape index (κ1) is 23.4. The average molecular weight is 484 g/mol. The number of aromatic nitrogens is 4. The molecule has 1 aliphatic rings. The van der Waals surface area contributed by atoms with E-state index >= 15 is 0 Å². The number of nitrogens with zero attached hydrogens (tertiary/aromatic N) is 4. The van der Waals surface area contributed by atoms with Gasteiger partial charge in [0.25, 0.3) is 21.5 Å². The molecular formula is C22H25N7O4S. The van der Waals surface area contributed by atoms with Gasteiger partial charge in [-0.3, -0.25) is 19.3 Å². The Morgan fingerprint density at radius 3 is 2.62 bits per heavy atom. The fraction of sp³-hybridized carbons (Fsp3) is 0.318. The first-order valence-corrected chi connectivity index (χ1v) is 12.5. The van der Waals surface area contributed by atoms with E-state index in [4.69, 9.17) is 0 Å². The molecule has 4 rings (SSSR count). The van der Waals surface area contributed by atoms with Crippen LogP contribution in [0.1, 0.15) is 48.7 Å². The third-order valence-corrected chi connectivity index (χ3v) is 6.78. The minimum atomic E-state index is -3.75. The zero-order chi connectivity index (χ0) is 24.1. The second-order valence-electron chi connectivity index (χ2n) is 7.77. The number of benzene rings is 1. The molecular weight excluding hydrogens is 458 g/mol. The molecule has 178 valence electrons. The molecule has 0 saturated carbocycles. The molecule has 12 heteroatoms. The highest BCUT2D eigenvalue weighted by molar-refractivity contribution is 7.90. The number of hydrogen-bond donors (Lipinski definition) is 3. The topological polar surface area (TPSA) is 151 Å². The highest BCUT2D eigenvalue weighted by Crippen LogP contribution is 2.18. The molecule has 11 nitrogen and oxygen atoms in total. The summed E-state index contributed by atoms with van der Waals surface area (Å²) in [7, 11) is -3.75. The first-order valence-electron chi connectivity index (χ1n) is 11.0. The van der Waals surface area contributed by atoms with Crippen molar-refractivity contribution in [1.29, 1.82) is 0 Å². The van der Waals surface area contributed by atoms with Gasteiger partial charge >= 0.3 is 0 Å². The van der Waals surface area contributed by atoms with Crippen molar-refractivity contribution in [2.45, 2.75) is 43.9 Å². The smallest absolute Gasteiger partial charge is 0.264 e. The van der Waals surface area contributed by atoms with Crippen molar-refractivity contribution < 1.29 is 13.2 Å². The molecule has 0 bridgehead atoms. The van der Waals surface area contributed by atoms with Gasteiger partial charge in [-0.05, 0) is 49.6 Å². The van der Waals surface area contributed by atoms with Crippen LogP contribution in [0.2, 0.25) is 0 Å². The van der Waals surface area contributed by atoms with Crippen molar-refractivity contribution in [3.63, 3.8) is 0 Å². The molecule has 1 aliphatic heterocycles. The summed E-state index contributed by atoms with van der Waals surface area (Å²) in [5, 5.41) is 13.3. The van der Waals surface area contributed by atoms with Crippen LogP contribution in [0.25, 0.3) is 5.82 Å². The van der Waals surface area contributed by atoms with Crippen molar-refractivity contribution in [1.82, 2.24) is 24.7 Å². The predicted molar refractivity (Wildman–Crippen MR) is 127 cm³/mol. The van der Waals surface area contributed by atoms with Crippen LogP contribution in [0.15, 0.2) is 57.3 Å². The molecule has 0 aliphatic carbocycles. The third kappa shape index (κ3) is 5.22. The molecule has 0 spiro atoms. The van der Waals surface area contributed by atoms with E-state index in [1.54, 1.807) is 0 Å². The maximum atomic E-state index is 12.9. The number of carbonyl (C=O) groups is 1. The normalized spacial score (nSPS) is 14.2. The number of sulfonamides is 1. The Morgan fingerprint density at radius 1 is 1.12 bits per heavy atom. The van der Waals surface area contributed by atoms with Gasteiger partial charge in [-0.1, -0.05) is 13.3 Å². The Morgan fingerprint density at radius 2 is 1.91 bits per heavy atom. The Bertz CT molecular complexity index is 1350. The molecule has 0 unspecified atom stereocenters. The summed E-state index contributed by atoms with van der Waals surface area (Å²) >= 11 is 0. The van der Waals surface area contributed by atoms with E-state index in [0.717, 1.165) is 19.3 Å². The molecule has 34 heavy (non-hydrogen) atoms. The molecule has 3 aromatic rings. The third-order valence-electron chi connectivity index (χ3n) is 5.38. The molecule has 3 heterocycles. The fourth-order valence-electron chi connectivity index (χ4n) is 3.64. The number of nitrogens with one attached hydrogen (secondary N) is 3. The van der Waals surface area contributed by atoms with E-state index in [1.807, 2.05) is 6.92 Å². The number of aliphatic imine (C=N–C) groups is 1. The van der Waals surface area contributed by atoms with Crippen LogP contribution in [0.3, 0.4) is 0 Å². The first-order chi connectivity index (χ1) is 16.4. The fourth-order valence-corrected chi connectivity index (χ4v) is 4.73. The Kier molecular flexibility index (Phi) is 6.87. The highest BCUT2D eigenvalue weighted by atomic mass is 32.2. The number of amides is 1. The maximum absolute atomic E-state index is 12.9. The number of H-pyrrole nitrogens is 1. The van der Waals surface area contributed by atoms with Crippen LogP contribution in [0, 0.1) is 0 Å². The molecule has 2 aromatic heterocycles. The zero-order valence-corrected chi connectivity index (χ0v) is 19.4. The van der Waals surface area contributed by atoms with Gasteiger partial charge in [0.15, 0.2) is 5.82 Å². The van der Waals surface area contributed by atoms with Crippen molar-refractivity contribution in [2.75, 3.05) is 11.9 Å². The molecule has 0 radical (unpaired) electrons. The number of rotatable bonds is 6. The van der Waals surface area contributed by atoms with E-state index in [-0.39, 0.29) is 10.5 Å². The monoisotopic (exact) mass is 483 g/mol. The van der Waals surface area contributed by atoms with E-state index < -0.39 is 15.9 Å². The minimum absolute atomic E-state index is 0.0867. The molecule has 1 amide bonds. The van der Waals surface area contributed by atoms with Gasteiger partial charge < -0.3 is 5.32 Å². The van der Waals surface area contributed by atoms with Crippen LogP contribution >= 0.6 is 0 Å². The number of anilines is 1. The van der Waals surface area contributed by atoms with E-state index in [0.29, 0.717) is 48.0 Å². The summed E-state index contributed by atoms with van der Waals surface area (Å²) in [6, 6.07) is 8.77. The summed E-state index contributed by atoms with van der Waals surface area (Å²) in [6.45, 7) is 2.50. The maximum Gasteiger partial charge on any atom is 0.264 e. The lowest BCUT2D eigenvalue weighted by Crippen LogP contribution is -2.30. The molecule has 0 saturated heterocycles. The van der Waals surface area contributed by atoms with Gasteiger partial charge in [0.05, 0.1) is 22.3 Å². The zero-order valence-electron chi connectivity index (χ0n) is 18.6. The SMILES string of the molecule is CCc1c(C(=O)Nc2ccc(S(=O)(=O)NC3=NCCCCC3)cc2)cnn1-c1ccc(=O)[nH]n1. The summed E-state index contributed by atoms with van der Waals surface area (Å²) < 4.78 is 29.4. The van der Waals surface area contributed by atoms with Gasteiger partial charge in [-0.25, -0.2) is 18.2 Å². The summed E-state index contributed by atoms with van der Waals surface area (Å²) in [6.07, 6.45) is 5.42. The molecule has 3 N–H and O–H groups in total. The van der Waals surface area contributed by atoms with Crippen LogP contribution in [0.4, 0.5) is 5.69 Å². The lowest BCUT2D eigenvalue weighted by atomic mass is 10.2. The Hall–Kier alpha value is -3.80. The van der Waals surface area contributed by atoms with Gasteiger partial charge in [0, 0.05) is 24.7 Å². The van der Waals surface area contributed by atoms with E-state index in [1.165, 1.54) is 47.3 Å². The standard InChI is InChI=1S/C22H25N7O4S/c1-2-18-17(14-24-29(18)20-11-12-21(30)27-26-20)22(31)25-15-7-9-16(10-8-15)34(32,33)28-19-6-4-3-5-13-23-19/h7-12,14H,2-6,13H2,1H3,(H,23,28)(H,25,31)(H,27,30). The quantitative estimate of drug-likeness (QED) is 0.488. The summed E-state index contributed by atoms with van der Waals surface area (Å²) in [4.78, 5) is 28.5. The van der Waals surface area contributed by atoms with Crippen molar-refractivity contribution in [3.8, 4) is 5.82 Å². The lowest BCUT2D eigenvalue weighted by molar-refractivity contribution is 0.102. The molecule has 1 aromatic carbocycles. The predicted octanol–water partition coefficient (Wildman–Crippen LogP) is 2.02. The number of hydrogen-bond acceptors (Lipinski definition) is 7. The van der Waals surface area contributed by atoms with E-state index in [2.05, 4.69) is 30.3 Å². The van der Waals surface area contributed by atoms with Gasteiger partial charge in [-0.2, -0.15) is 10.2 Å². The summed E-state index contributed by atoms with van der Waals surface area (Å²) in [5.74, 6) is 0.473. The molecule has 0 fully saturated rings. The van der Waals surface area contributed by atoms with Crippen LogP contribution in [-0.4, -0.2) is 46.7 Å². The second-order valence-corrected chi connectivity index (χ2v) is 9.46. The Labute approximate surface area is 196 Å². The molecule has 0 atom stereocenters. The highest BCUT2D eigenvalue weighted by Gasteiger charge is 2.20. The average Bonchev–Trinajstić information content (AvgIpc) is 3.10. The van der Waals surface area contributed by atoms with Gasteiger partial charge in [0.1, 0.15) is 5.84 Å². The van der Waals surface area contributed by atoms with Crippen molar-refractivity contribution >= 4 is 27.5 Å². The Balaban J connectivity index is 1.48. The van der Waals surface area contributed by atoms with Crippen molar-refractivity contribution in [2.24, 2.45) is 4.99 Å². The second kappa shape index (κ2) is 10.00. The minimum Gasteiger partial charge on any atom is -0.322 e. The van der Waals surface area contributed by atoms with Crippen LogP contribution < -0.4 is 15.6 Å². The van der Waals surface area contributed by atoms with Crippen molar-refractivity contribution in [3.05, 3.63) is 64.2 Å².